The Kier molecular flexibility index (Phi) is 4.93. The highest BCUT2D eigenvalue weighted by Crippen LogP contribution is 2.53. The monoisotopic (exact) mass is 399 g/mol. The molecule has 4 rings (SSSR count). The Bertz CT molecular complexity index is 986. The average Bonchev–Trinajstić information content (AvgIpc) is 3.49. The Hall–Kier alpha value is -2.32. The molecule has 0 amide bonds. The first-order chi connectivity index (χ1) is 13.5. The lowest BCUT2D eigenvalue weighted by Crippen LogP contribution is -2.44. The topological polar surface area (TPSA) is 105 Å². The zero-order valence-corrected chi connectivity index (χ0v) is 17.0. The van der Waals surface area contributed by atoms with Crippen LogP contribution in [0, 0.1) is 5.41 Å². The lowest BCUT2D eigenvalue weighted by atomic mass is 10.0. The van der Waals surface area contributed by atoms with Crippen LogP contribution in [0.1, 0.15) is 31.0 Å². The number of anilines is 1. The summed E-state index contributed by atoms with van der Waals surface area (Å²) < 4.78 is 17.9. The summed E-state index contributed by atoms with van der Waals surface area (Å²) in [7, 11) is -0.988. The van der Waals surface area contributed by atoms with Gasteiger partial charge in [0.25, 0.3) is 0 Å². The first-order valence-corrected chi connectivity index (χ1v) is 11.0. The number of rotatable bonds is 5. The van der Waals surface area contributed by atoms with E-state index in [2.05, 4.69) is 22.9 Å². The summed E-state index contributed by atoms with van der Waals surface area (Å²) in [5.74, 6) is 0.840. The first-order valence-electron chi connectivity index (χ1n) is 9.42. The fourth-order valence-corrected chi connectivity index (χ4v) is 5.09. The van der Waals surface area contributed by atoms with Crippen LogP contribution in [0.3, 0.4) is 0 Å². The summed E-state index contributed by atoms with van der Waals surface area (Å²) >= 11 is 0. The van der Waals surface area contributed by atoms with Gasteiger partial charge in [-0.1, -0.05) is 0 Å². The van der Waals surface area contributed by atoms with E-state index in [-0.39, 0.29) is 10.8 Å². The molecule has 0 bridgehead atoms. The molecule has 28 heavy (non-hydrogen) atoms. The van der Waals surface area contributed by atoms with Crippen LogP contribution in [0.2, 0.25) is 0 Å². The largest absolute Gasteiger partial charge is 0.397 e. The highest BCUT2D eigenvalue weighted by Gasteiger charge is 2.49. The molecule has 2 atom stereocenters. The fourth-order valence-electron chi connectivity index (χ4n) is 3.93. The Balaban J connectivity index is 1.99. The van der Waals surface area contributed by atoms with E-state index in [0.717, 1.165) is 42.4 Å². The van der Waals surface area contributed by atoms with Gasteiger partial charge in [-0.15, -0.1) is 0 Å². The maximum Gasteiger partial charge on any atom is 0.130 e. The van der Waals surface area contributed by atoms with Gasteiger partial charge in [0.15, 0.2) is 0 Å². The molecule has 1 unspecified atom stereocenters. The van der Waals surface area contributed by atoms with Crippen molar-refractivity contribution in [2.24, 2.45) is 5.73 Å². The van der Waals surface area contributed by atoms with Crippen molar-refractivity contribution >= 4 is 39.4 Å². The fraction of sp³-hybridized carbons (Fsp3) is 0.450. The zero-order valence-electron chi connectivity index (χ0n) is 16.1. The van der Waals surface area contributed by atoms with Gasteiger partial charge in [0.05, 0.1) is 29.7 Å². The number of aromatic nitrogens is 2. The molecule has 0 aromatic carbocycles. The molecule has 1 aliphatic carbocycles. The average molecular weight is 400 g/mol. The number of allylic oxidation sites excluding steroid dienone is 1. The van der Waals surface area contributed by atoms with Gasteiger partial charge in [-0.05, 0) is 43.5 Å². The number of nitrogens with two attached hydrogens (primary N) is 1. The molecule has 0 radical (unpaired) electrons. The van der Waals surface area contributed by atoms with Crippen molar-refractivity contribution < 1.29 is 8.95 Å². The van der Waals surface area contributed by atoms with Crippen molar-refractivity contribution in [3.63, 3.8) is 0 Å². The van der Waals surface area contributed by atoms with Gasteiger partial charge in [0.1, 0.15) is 17.0 Å². The molecule has 1 aliphatic heterocycles. The van der Waals surface area contributed by atoms with Gasteiger partial charge < -0.3 is 20.8 Å². The Morgan fingerprint density at radius 2 is 2.29 bits per heavy atom. The number of nitrogens with one attached hydrogen (secondary N) is 1. The van der Waals surface area contributed by atoms with Gasteiger partial charge in [-0.2, -0.15) is 0 Å². The second-order valence-corrected chi connectivity index (χ2v) is 9.13. The smallest absolute Gasteiger partial charge is 0.130 e. The predicted octanol–water partition coefficient (Wildman–Crippen LogP) is 2.17. The van der Waals surface area contributed by atoms with Crippen molar-refractivity contribution in [1.82, 2.24) is 9.97 Å². The predicted molar refractivity (Wildman–Crippen MR) is 113 cm³/mol. The number of pyridine rings is 2. The van der Waals surface area contributed by atoms with Crippen molar-refractivity contribution in [3.05, 3.63) is 35.7 Å². The molecule has 148 valence electrons. The van der Waals surface area contributed by atoms with E-state index in [4.69, 9.17) is 20.9 Å². The number of nitrogens with zero attached hydrogens (tertiary/aromatic N) is 3. The molecule has 2 aliphatic rings. The molecule has 7 nitrogen and oxygen atoms in total. The van der Waals surface area contributed by atoms with Gasteiger partial charge in [0.2, 0.25) is 0 Å². The quantitative estimate of drug-likeness (QED) is 0.747. The van der Waals surface area contributed by atoms with Crippen LogP contribution in [0.5, 0.6) is 0 Å². The molecule has 3 heterocycles. The number of fused-ring (bicyclic) bond motifs is 1. The molecule has 3 N–H and O–H groups in total. The number of hydrogen-bond acceptors (Lipinski definition) is 7. The van der Waals surface area contributed by atoms with E-state index in [1.54, 1.807) is 12.5 Å². The summed E-state index contributed by atoms with van der Waals surface area (Å²) in [5, 5.41) is 8.27. The van der Waals surface area contributed by atoms with E-state index >= 15 is 0 Å². The maximum atomic E-state index is 12.6. The molecule has 2 aromatic rings. The minimum atomic E-state index is -0.988. The third-order valence-electron chi connectivity index (χ3n) is 5.66. The van der Waals surface area contributed by atoms with Crippen LogP contribution in [-0.2, 0) is 20.3 Å². The van der Waals surface area contributed by atoms with Crippen molar-refractivity contribution in [1.29, 1.82) is 5.41 Å². The van der Waals surface area contributed by atoms with Crippen LogP contribution in [0.4, 0.5) is 5.82 Å². The van der Waals surface area contributed by atoms with Gasteiger partial charge in [-0.25, -0.2) is 4.98 Å². The molecule has 1 saturated carbocycles. The Labute approximate surface area is 167 Å². The van der Waals surface area contributed by atoms with E-state index in [1.165, 1.54) is 6.08 Å². The standard InChI is InChI=1S/C20H25N5O2S/c1-13-12-27-10-9-25(13)17-11-15(20(5-6-20)28(2)26)14-4-8-23-19(18(14)24-17)16(22)3-7-21/h3-4,7-8,11,13,21H,5-6,9-10,12,22H2,1-2H3/b16-3-,21-7?/t13-,28?/m1/s1. The van der Waals surface area contributed by atoms with Crippen LogP contribution < -0.4 is 10.6 Å². The van der Waals surface area contributed by atoms with Crippen LogP contribution in [0.15, 0.2) is 24.4 Å². The minimum absolute atomic E-state index is 0.198. The number of ether oxygens (including phenoxy) is 1. The second-order valence-electron chi connectivity index (χ2n) is 7.44. The lowest BCUT2D eigenvalue weighted by Gasteiger charge is -2.35. The molecule has 1 saturated heterocycles. The second kappa shape index (κ2) is 7.25. The third kappa shape index (κ3) is 3.10. The summed E-state index contributed by atoms with van der Waals surface area (Å²) in [4.78, 5) is 11.6. The van der Waals surface area contributed by atoms with E-state index in [0.29, 0.717) is 30.1 Å². The summed E-state index contributed by atoms with van der Waals surface area (Å²) in [6, 6.07) is 4.22. The molecule has 2 fully saturated rings. The van der Waals surface area contributed by atoms with Crippen LogP contribution >= 0.6 is 0 Å². The minimum Gasteiger partial charge on any atom is -0.397 e. The highest BCUT2D eigenvalue weighted by atomic mass is 32.2. The van der Waals surface area contributed by atoms with Gasteiger partial charge >= 0.3 is 0 Å². The van der Waals surface area contributed by atoms with E-state index in [1.807, 2.05) is 6.07 Å². The molecule has 2 aromatic heterocycles. The van der Waals surface area contributed by atoms with E-state index < -0.39 is 10.8 Å². The number of hydrogen-bond donors (Lipinski definition) is 2. The summed E-state index contributed by atoms with van der Waals surface area (Å²) in [5.41, 5.74) is 8.88. The lowest BCUT2D eigenvalue weighted by molar-refractivity contribution is 0.0985. The van der Waals surface area contributed by atoms with Crippen LogP contribution in [-0.4, -0.2) is 52.4 Å². The van der Waals surface area contributed by atoms with Gasteiger partial charge in [-0.3, -0.25) is 9.19 Å². The van der Waals surface area contributed by atoms with Crippen LogP contribution in [0.25, 0.3) is 16.6 Å². The number of morpholine rings is 1. The van der Waals surface area contributed by atoms with Crippen molar-refractivity contribution in [2.45, 2.75) is 30.6 Å². The van der Waals surface area contributed by atoms with Crippen molar-refractivity contribution in [3.8, 4) is 0 Å². The van der Waals surface area contributed by atoms with Gasteiger partial charge in [0, 0.05) is 41.4 Å². The van der Waals surface area contributed by atoms with E-state index in [9.17, 15) is 4.21 Å². The first kappa shape index (κ1) is 19.0. The zero-order chi connectivity index (χ0) is 19.9. The normalized spacial score (nSPS) is 22.9. The molecular weight excluding hydrogens is 374 g/mol. The Morgan fingerprint density at radius 1 is 1.50 bits per heavy atom. The maximum absolute atomic E-state index is 12.6. The SMILES string of the molecule is C[C@@H]1COCCN1c1cc(C2(S(C)=O)CC2)c2ccnc(/C(N)=C/C=N)c2n1. The molecular formula is C20H25N5O2S. The molecule has 8 heteroatoms. The summed E-state index contributed by atoms with van der Waals surface area (Å²) in [6.07, 6.45) is 7.95. The summed E-state index contributed by atoms with van der Waals surface area (Å²) in [6.45, 7) is 4.17. The third-order valence-corrected chi connectivity index (χ3v) is 7.39. The molecule has 0 spiro atoms. The van der Waals surface area contributed by atoms with Crippen molar-refractivity contribution in [2.75, 3.05) is 30.9 Å². The highest BCUT2D eigenvalue weighted by molar-refractivity contribution is 7.85. The Morgan fingerprint density at radius 3 is 2.93 bits per heavy atom.